The summed E-state index contributed by atoms with van der Waals surface area (Å²) in [6.45, 7) is 2.63. The Kier molecular flexibility index (Phi) is 8.18. The van der Waals surface area contributed by atoms with Crippen molar-refractivity contribution in [3.05, 3.63) is 46.7 Å². The van der Waals surface area contributed by atoms with Gasteiger partial charge in [0.25, 0.3) is 0 Å². The fourth-order valence-corrected chi connectivity index (χ4v) is 3.80. The molecule has 34 heavy (non-hydrogen) atoms. The minimum atomic E-state index is 0.376. The third-order valence-corrected chi connectivity index (χ3v) is 5.54. The summed E-state index contributed by atoms with van der Waals surface area (Å²) in [5.41, 5.74) is 4.81. The fraction of sp³-hybridized carbons (Fsp3) is 0.348. The van der Waals surface area contributed by atoms with E-state index in [9.17, 15) is 4.79 Å². The van der Waals surface area contributed by atoms with Crippen LogP contribution in [-0.2, 0) is 20.7 Å². The molecule has 1 aliphatic carbocycles. The number of hydrogen-bond donors (Lipinski definition) is 3. The quantitative estimate of drug-likeness (QED) is 0.141. The highest BCUT2D eigenvalue weighted by Crippen LogP contribution is 2.44. The number of carbonyl (C=O) groups excluding carboxylic acids is 1. The van der Waals surface area contributed by atoms with Gasteiger partial charge < -0.3 is 29.6 Å². The number of nitrogens with one attached hydrogen (secondary N) is 3. The number of aromatic amines is 1. The molecule has 10 nitrogen and oxygen atoms in total. The smallest absolute Gasteiger partial charge is 0.207 e. The number of amides is 1. The number of halogens is 1. The minimum absolute atomic E-state index is 0.376. The van der Waals surface area contributed by atoms with Gasteiger partial charge in [-0.3, -0.25) is 9.89 Å². The predicted molar refractivity (Wildman–Crippen MR) is 127 cm³/mol. The normalized spacial score (nSPS) is 11.6. The summed E-state index contributed by atoms with van der Waals surface area (Å²) in [6, 6.07) is 7.62. The van der Waals surface area contributed by atoms with Gasteiger partial charge in [0, 0.05) is 30.3 Å². The number of anilines is 2. The number of carbonyl (C=O) groups is 1. The number of benzene rings is 1. The van der Waals surface area contributed by atoms with Crippen LogP contribution in [-0.4, -0.2) is 68.3 Å². The molecule has 11 heteroatoms. The van der Waals surface area contributed by atoms with Gasteiger partial charge in [-0.15, -0.1) is 0 Å². The maximum absolute atomic E-state index is 10.1. The minimum Gasteiger partial charge on any atom is -0.493 e. The molecule has 3 N–H and O–H groups in total. The van der Waals surface area contributed by atoms with Crippen molar-refractivity contribution < 1.29 is 23.7 Å². The molecule has 180 valence electrons. The standard InChI is InChI=1S/C23H26ClN5O5/c1-31-19-13-16-15(12-20(19)34-10-9-33-8-7-32-6-5-25-14-30)11-17-21(16)28-29-23(17)27-18-3-2-4-26-22(18)24/h2-4,12-14H,5-11H2,1H3,(H,25,30)(H2,27,28,29). The molecule has 0 radical (unpaired) electrons. The predicted octanol–water partition coefficient (Wildman–Crippen LogP) is 2.94. The van der Waals surface area contributed by atoms with Crippen LogP contribution in [0.3, 0.4) is 0 Å². The maximum Gasteiger partial charge on any atom is 0.207 e. The van der Waals surface area contributed by atoms with Crippen molar-refractivity contribution in [2.24, 2.45) is 0 Å². The topological polar surface area (TPSA) is 120 Å². The van der Waals surface area contributed by atoms with Gasteiger partial charge in [-0.1, -0.05) is 11.6 Å². The van der Waals surface area contributed by atoms with E-state index in [4.69, 9.17) is 30.5 Å². The van der Waals surface area contributed by atoms with Crippen LogP contribution in [0.5, 0.6) is 11.5 Å². The number of rotatable bonds is 14. The summed E-state index contributed by atoms with van der Waals surface area (Å²) in [7, 11) is 1.61. The Balaban J connectivity index is 1.33. The maximum atomic E-state index is 10.1. The van der Waals surface area contributed by atoms with Gasteiger partial charge in [0.15, 0.2) is 22.5 Å². The average molecular weight is 488 g/mol. The zero-order valence-corrected chi connectivity index (χ0v) is 19.5. The van der Waals surface area contributed by atoms with Crippen LogP contribution in [0.1, 0.15) is 11.1 Å². The first-order chi connectivity index (χ1) is 16.7. The van der Waals surface area contributed by atoms with E-state index in [1.54, 1.807) is 13.3 Å². The van der Waals surface area contributed by atoms with Crippen LogP contribution < -0.4 is 20.1 Å². The highest BCUT2D eigenvalue weighted by molar-refractivity contribution is 6.32. The summed E-state index contributed by atoms with van der Waals surface area (Å²) in [6.07, 6.45) is 2.97. The molecule has 2 heterocycles. The van der Waals surface area contributed by atoms with Gasteiger partial charge in [-0.2, -0.15) is 5.10 Å². The van der Waals surface area contributed by atoms with Gasteiger partial charge in [-0.05, 0) is 29.8 Å². The molecule has 1 amide bonds. The number of ether oxygens (including phenoxy) is 4. The van der Waals surface area contributed by atoms with Crippen molar-refractivity contribution in [3.63, 3.8) is 0 Å². The lowest BCUT2D eigenvalue weighted by Gasteiger charge is -2.13. The van der Waals surface area contributed by atoms with Crippen molar-refractivity contribution >= 4 is 29.5 Å². The lowest BCUT2D eigenvalue weighted by atomic mass is 10.1. The SMILES string of the molecule is COc1cc2c(cc1OCCOCCOCCNC=O)Cc1c(Nc3cccnc3Cl)n[nH]c1-2. The Morgan fingerprint density at radius 2 is 1.97 bits per heavy atom. The molecule has 0 bridgehead atoms. The fourth-order valence-electron chi connectivity index (χ4n) is 3.64. The molecule has 0 saturated heterocycles. The summed E-state index contributed by atoms with van der Waals surface area (Å²) in [5, 5.41) is 13.7. The van der Waals surface area contributed by atoms with E-state index in [1.165, 1.54) is 0 Å². The van der Waals surface area contributed by atoms with Gasteiger partial charge in [0.1, 0.15) is 6.61 Å². The van der Waals surface area contributed by atoms with Crippen molar-refractivity contribution in [3.8, 4) is 22.8 Å². The number of aromatic nitrogens is 3. The molecule has 0 fully saturated rings. The van der Waals surface area contributed by atoms with Crippen molar-refractivity contribution in [1.82, 2.24) is 20.5 Å². The van der Waals surface area contributed by atoms with Gasteiger partial charge in [0.2, 0.25) is 6.41 Å². The average Bonchev–Trinajstić information content (AvgIpc) is 3.40. The molecule has 0 unspecified atom stereocenters. The first-order valence-corrected chi connectivity index (χ1v) is 11.2. The first-order valence-electron chi connectivity index (χ1n) is 10.8. The Morgan fingerprint density at radius 1 is 1.15 bits per heavy atom. The second-order valence-corrected chi connectivity index (χ2v) is 7.73. The van der Waals surface area contributed by atoms with Crippen molar-refractivity contribution in [2.75, 3.05) is 52.0 Å². The second-order valence-electron chi connectivity index (χ2n) is 7.37. The Labute approximate surface area is 201 Å². The van der Waals surface area contributed by atoms with E-state index in [0.29, 0.717) is 80.6 Å². The number of H-pyrrole nitrogens is 1. The molecule has 2 aromatic heterocycles. The van der Waals surface area contributed by atoms with Crippen molar-refractivity contribution in [1.29, 1.82) is 0 Å². The molecule has 0 spiro atoms. The molecule has 1 aliphatic rings. The summed E-state index contributed by atoms with van der Waals surface area (Å²) in [5.74, 6) is 2.00. The molecular weight excluding hydrogens is 462 g/mol. The Morgan fingerprint density at radius 3 is 2.76 bits per heavy atom. The summed E-state index contributed by atoms with van der Waals surface area (Å²) >= 11 is 6.18. The van der Waals surface area contributed by atoms with E-state index in [0.717, 1.165) is 22.4 Å². The van der Waals surface area contributed by atoms with Gasteiger partial charge in [0.05, 0.1) is 44.9 Å². The molecule has 0 atom stereocenters. The van der Waals surface area contributed by atoms with E-state index in [1.807, 2.05) is 24.3 Å². The molecule has 4 rings (SSSR count). The van der Waals surface area contributed by atoms with E-state index < -0.39 is 0 Å². The van der Waals surface area contributed by atoms with Crippen LogP contribution in [0.4, 0.5) is 11.5 Å². The third-order valence-electron chi connectivity index (χ3n) is 5.24. The van der Waals surface area contributed by atoms with Crippen LogP contribution in [0.15, 0.2) is 30.5 Å². The molecule has 0 saturated carbocycles. The Hall–Kier alpha value is -3.34. The second kappa shape index (κ2) is 11.7. The third kappa shape index (κ3) is 5.58. The lowest BCUT2D eigenvalue weighted by molar-refractivity contribution is -0.109. The van der Waals surface area contributed by atoms with Gasteiger partial charge >= 0.3 is 0 Å². The van der Waals surface area contributed by atoms with Gasteiger partial charge in [-0.25, -0.2) is 4.98 Å². The largest absolute Gasteiger partial charge is 0.493 e. The molecule has 3 aromatic rings. The number of nitrogens with zero attached hydrogens (tertiary/aromatic N) is 2. The summed E-state index contributed by atoms with van der Waals surface area (Å²) in [4.78, 5) is 14.2. The van der Waals surface area contributed by atoms with Crippen LogP contribution >= 0.6 is 11.6 Å². The first kappa shape index (κ1) is 23.8. The molecule has 0 aliphatic heterocycles. The lowest BCUT2D eigenvalue weighted by Crippen LogP contribution is -2.19. The van der Waals surface area contributed by atoms with Crippen LogP contribution in [0.25, 0.3) is 11.3 Å². The molecular formula is C23H26ClN5O5. The highest BCUT2D eigenvalue weighted by Gasteiger charge is 2.27. The van der Waals surface area contributed by atoms with E-state index in [-0.39, 0.29) is 0 Å². The van der Waals surface area contributed by atoms with E-state index in [2.05, 4.69) is 25.8 Å². The van der Waals surface area contributed by atoms with Crippen LogP contribution in [0, 0.1) is 0 Å². The number of pyridine rings is 1. The summed E-state index contributed by atoms with van der Waals surface area (Å²) < 4.78 is 22.3. The number of methoxy groups -OCH3 is 1. The van der Waals surface area contributed by atoms with Crippen LogP contribution in [0.2, 0.25) is 5.15 Å². The number of hydrogen-bond acceptors (Lipinski definition) is 8. The van der Waals surface area contributed by atoms with Crippen molar-refractivity contribution in [2.45, 2.75) is 6.42 Å². The number of fused-ring (bicyclic) bond motifs is 3. The monoisotopic (exact) mass is 487 g/mol. The van der Waals surface area contributed by atoms with E-state index >= 15 is 0 Å². The zero-order chi connectivity index (χ0) is 23.8. The molecule has 1 aromatic carbocycles. The Bertz CT molecular complexity index is 1120. The zero-order valence-electron chi connectivity index (χ0n) is 18.7. The highest BCUT2D eigenvalue weighted by atomic mass is 35.5.